The van der Waals surface area contributed by atoms with Crippen LogP contribution >= 0.6 is 0 Å². The summed E-state index contributed by atoms with van der Waals surface area (Å²) in [5.74, 6) is 4.86. The monoisotopic (exact) mass is 826 g/mol. The van der Waals surface area contributed by atoms with Crippen LogP contribution in [0.2, 0.25) is 0 Å². The van der Waals surface area contributed by atoms with Gasteiger partial charge in [-0.05, 0) is 111 Å². The fraction of sp³-hybridized carbons (Fsp3) is 0.660. The van der Waals surface area contributed by atoms with E-state index in [9.17, 15) is 9.59 Å². The van der Waals surface area contributed by atoms with Gasteiger partial charge < -0.3 is 0 Å². The highest BCUT2D eigenvalue weighted by Crippen LogP contribution is 2.46. The number of hydrogen-bond acceptors (Lipinski definition) is 11. The van der Waals surface area contributed by atoms with Crippen LogP contribution in [0.15, 0.2) is 60.7 Å². The molecule has 1 aromatic heterocycles. The van der Waals surface area contributed by atoms with Crippen molar-refractivity contribution in [2.24, 2.45) is 47.3 Å². The minimum absolute atomic E-state index is 0.154. The van der Waals surface area contributed by atoms with Crippen LogP contribution in [0.4, 0.5) is 0 Å². The van der Waals surface area contributed by atoms with Crippen molar-refractivity contribution in [2.75, 3.05) is 0 Å². The number of carbonyl (C=O) groups is 2. The van der Waals surface area contributed by atoms with Gasteiger partial charge in [-0.15, -0.1) is 0 Å². The third-order valence-corrected chi connectivity index (χ3v) is 17.7. The maximum Gasteiger partial charge on any atom is 0.180 e. The molecule has 2 aromatic carbocycles. The molecule has 5 saturated heterocycles. The molecule has 0 spiro atoms. The van der Waals surface area contributed by atoms with E-state index in [-0.39, 0.29) is 11.6 Å². The topological polar surface area (TPSA) is 143 Å². The molecule has 8 N–H and O–H groups in total. The first-order valence-electron chi connectivity index (χ1n) is 24.7. The number of rotatable bonds is 1. The predicted molar refractivity (Wildman–Crippen MR) is 237 cm³/mol. The summed E-state index contributed by atoms with van der Waals surface area (Å²) >= 11 is 0. The summed E-state index contributed by atoms with van der Waals surface area (Å²) in [6.07, 6.45) is 25.6. The molecule has 10 aliphatic rings. The zero-order valence-corrected chi connectivity index (χ0v) is 35.7. The van der Waals surface area contributed by atoms with Gasteiger partial charge in [-0.3, -0.25) is 57.1 Å². The van der Waals surface area contributed by atoms with Crippen LogP contribution in [0.3, 0.4) is 0 Å². The van der Waals surface area contributed by atoms with Crippen LogP contribution in [0.1, 0.15) is 135 Å². The molecule has 13 rings (SSSR count). The summed E-state index contributed by atoms with van der Waals surface area (Å²) in [5.41, 5.74) is 2.33. The number of ketones is 2. The molecule has 6 heterocycles. The van der Waals surface area contributed by atoms with Gasteiger partial charge in [0.1, 0.15) is 5.92 Å². The standard InChI is InChI=1S/C32H56N8.C18H11NO2/c1-2-10-18-17(9-1)25-33-26(18)38-28-21-13-5-6-14-22(21)30(35-28)40-32-24-16-8-7-15-23(24)31(36-32)39-29-20-12-4-3-11-19(20)27(34-29)37-25;20-17-12-6-2-3-7-13(12)18(21)16(17)15-10-9-11-5-1-4-8-14(11)19-15/h17-40H,1-16H2;1-10,16H. The number of benzene rings is 2. The SMILES string of the molecule is C1CCC2C3NC(NC4NC(NC5NC(NC6NC(N3)C3CCCCC63)C3CCCCC53)C3CCCCC43)C2C1.O=C1c2ccccc2C(=O)C1c1ccc2ccccc2n1. The van der Waals surface area contributed by atoms with E-state index >= 15 is 0 Å². The summed E-state index contributed by atoms with van der Waals surface area (Å²) in [6.45, 7) is 0. The largest absolute Gasteiger partial charge is 0.293 e. The van der Waals surface area contributed by atoms with Crippen molar-refractivity contribution < 1.29 is 9.59 Å². The second-order valence-corrected chi connectivity index (χ2v) is 20.7. The van der Waals surface area contributed by atoms with Gasteiger partial charge in [0.2, 0.25) is 0 Å². The minimum Gasteiger partial charge on any atom is -0.293 e. The fourth-order valence-corrected chi connectivity index (χ4v) is 14.8. The van der Waals surface area contributed by atoms with Gasteiger partial charge in [0, 0.05) is 16.5 Å². The predicted octanol–water partition coefficient (Wildman–Crippen LogP) is 6.00. The Kier molecular flexibility index (Phi) is 10.6. The van der Waals surface area contributed by atoms with Gasteiger partial charge in [-0.2, -0.15) is 0 Å². The van der Waals surface area contributed by atoms with E-state index < -0.39 is 5.92 Å². The van der Waals surface area contributed by atoms with E-state index in [1.165, 1.54) is 103 Å². The Morgan fingerprint density at radius 2 is 0.656 bits per heavy atom. The molecule has 11 heteroatoms. The molecule has 8 bridgehead atoms. The van der Waals surface area contributed by atoms with E-state index in [0.29, 0.717) is 66.1 Å². The average Bonchev–Trinajstić information content (AvgIpc) is 4.09. The molecule has 324 valence electrons. The molecule has 0 radical (unpaired) electrons. The summed E-state index contributed by atoms with van der Waals surface area (Å²) in [5, 5.41) is 34.8. The minimum atomic E-state index is -0.799. The van der Waals surface area contributed by atoms with Crippen LogP contribution in [-0.2, 0) is 0 Å². The van der Waals surface area contributed by atoms with Crippen LogP contribution in [0, 0.1) is 47.3 Å². The van der Waals surface area contributed by atoms with Gasteiger partial charge in [-0.1, -0.05) is 99.9 Å². The highest BCUT2D eigenvalue weighted by atomic mass is 16.2. The Hall–Kier alpha value is -3.13. The summed E-state index contributed by atoms with van der Waals surface area (Å²) in [7, 11) is 0. The van der Waals surface area contributed by atoms with Crippen molar-refractivity contribution in [3.63, 3.8) is 0 Å². The molecule has 11 nitrogen and oxygen atoms in total. The van der Waals surface area contributed by atoms with Gasteiger partial charge >= 0.3 is 0 Å². The zero-order chi connectivity index (χ0) is 40.6. The molecule has 4 saturated carbocycles. The third kappa shape index (κ3) is 7.05. The molecule has 3 aromatic rings. The number of aromatic nitrogens is 1. The lowest BCUT2D eigenvalue weighted by atomic mass is 9.76. The summed E-state index contributed by atoms with van der Waals surface area (Å²) in [4.78, 5) is 29.5. The first kappa shape index (κ1) is 39.5. The quantitative estimate of drug-likeness (QED) is 0.137. The van der Waals surface area contributed by atoms with Gasteiger partial charge in [0.15, 0.2) is 11.6 Å². The van der Waals surface area contributed by atoms with Crippen molar-refractivity contribution in [3.8, 4) is 0 Å². The fourth-order valence-electron chi connectivity index (χ4n) is 14.8. The number of para-hydroxylation sites is 1. The number of Topliss-reactive ketones (excluding diaryl/α,β-unsaturated/α-hetero) is 2. The van der Waals surface area contributed by atoms with E-state index in [1.807, 2.05) is 30.3 Å². The Balaban J connectivity index is 0.000000160. The third-order valence-electron chi connectivity index (χ3n) is 17.7. The molecule has 61 heavy (non-hydrogen) atoms. The highest BCUT2D eigenvalue weighted by molar-refractivity contribution is 6.29. The molecule has 5 aliphatic carbocycles. The molecular weight excluding hydrogens is 759 g/mol. The van der Waals surface area contributed by atoms with Gasteiger partial charge in [0.05, 0.1) is 60.5 Å². The van der Waals surface area contributed by atoms with Crippen molar-refractivity contribution >= 4 is 22.5 Å². The maximum absolute atomic E-state index is 12.5. The molecule has 8 unspecified atom stereocenters. The molecular formula is C50H67N9O2. The van der Waals surface area contributed by atoms with Gasteiger partial charge in [0.25, 0.3) is 0 Å². The Morgan fingerprint density at radius 3 is 0.984 bits per heavy atom. The number of hydrogen-bond donors (Lipinski definition) is 8. The van der Waals surface area contributed by atoms with Crippen LogP contribution < -0.4 is 42.5 Å². The first-order valence-corrected chi connectivity index (χ1v) is 24.7. The van der Waals surface area contributed by atoms with Crippen molar-refractivity contribution in [1.29, 1.82) is 0 Å². The van der Waals surface area contributed by atoms with Crippen molar-refractivity contribution in [3.05, 3.63) is 77.5 Å². The molecule has 0 amide bonds. The van der Waals surface area contributed by atoms with E-state index in [2.05, 4.69) is 47.5 Å². The Labute approximate surface area is 361 Å². The summed E-state index contributed by atoms with van der Waals surface area (Å²) < 4.78 is 0. The number of pyridine rings is 1. The van der Waals surface area contributed by atoms with E-state index in [4.69, 9.17) is 0 Å². The lowest BCUT2D eigenvalue weighted by molar-refractivity contribution is 0.0888. The lowest BCUT2D eigenvalue weighted by Crippen LogP contribution is -2.61. The normalized spacial score (nSPS) is 42.8. The molecule has 5 aliphatic heterocycles. The number of nitrogens with zero attached hydrogens (tertiary/aromatic N) is 1. The second kappa shape index (κ2) is 16.5. The second-order valence-electron chi connectivity index (χ2n) is 20.7. The van der Waals surface area contributed by atoms with Crippen LogP contribution in [0.5, 0.6) is 0 Å². The Bertz CT molecular complexity index is 1870. The van der Waals surface area contributed by atoms with Crippen molar-refractivity contribution in [1.82, 2.24) is 47.5 Å². The zero-order valence-electron chi connectivity index (χ0n) is 35.7. The number of fused-ring (bicyclic) bond motifs is 22. The van der Waals surface area contributed by atoms with Gasteiger partial charge in [-0.25, -0.2) is 0 Å². The van der Waals surface area contributed by atoms with E-state index in [0.717, 1.165) is 58.2 Å². The molecule has 9 fully saturated rings. The smallest absolute Gasteiger partial charge is 0.180 e. The van der Waals surface area contributed by atoms with Crippen LogP contribution in [0.25, 0.3) is 10.9 Å². The first-order chi connectivity index (χ1) is 30.1. The number of carbonyl (C=O) groups excluding carboxylic acids is 2. The summed E-state index contributed by atoms with van der Waals surface area (Å²) in [6, 6.07) is 18.3. The lowest BCUT2D eigenvalue weighted by Gasteiger charge is -2.35. The molecule has 8 atom stereocenters. The van der Waals surface area contributed by atoms with Crippen molar-refractivity contribution in [2.45, 2.75) is 158 Å². The van der Waals surface area contributed by atoms with Crippen LogP contribution in [-0.4, -0.2) is 65.9 Å². The highest BCUT2D eigenvalue weighted by Gasteiger charge is 2.54. The van der Waals surface area contributed by atoms with E-state index in [1.54, 1.807) is 30.3 Å². The average molecular weight is 826 g/mol. The Morgan fingerprint density at radius 1 is 0.361 bits per heavy atom. The number of nitrogens with one attached hydrogen (secondary N) is 8. The maximum atomic E-state index is 12.5.